The predicted molar refractivity (Wildman–Crippen MR) is 134 cm³/mol. The Balaban J connectivity index is 2.32. The second-order valence-electron chi connectivity index (χ2n) is 13.7. The van der Waals surface area contributed by atoms with Crippen LogP contribution in [-0.2, 0) is 14.1 Å². The molecule has 4 heteroatoms. The zero-order chi connectivity index (χ0) is 21.1. The van der Waals surface area contributed by atoms with E-state index in [1.54, 1.807) is 77.0 Å². The summed E-state index contributed by atoms with van der Waals surface area (Å²) in [6, 6.07) is 0. The van der Waals surface area contributed by atoms with Crippen LogP contribution in [0.1, 0.15) is 77.0 Å². The Morgan fingerprint density at radius 2 is 0.571 bits per heavy atom. The van der Waals surface area contributed by atoms with Crippen molar-refractivity contribution in [3.05, 3.63) is 0 Å². The van der Waals surface area contributed by atoms with E-state index < -0.39 is 38.4 Å². The minimum atomic E-state index is -1.22. The third-order valence-corrected chi connectivity index (χ3v) is 35.9. The number of hydrogen-bond donors (Lipinski definition) is 0. The zero-order valence-electron chi connectivity index (χ0n) is 20.9. The van der Waals surface area contributed by atoms with E-state index in [9.17, 15) is 0 Å². The SMILES string of the molecule is C[Si](C)(C)[C]1([Cr]([C]2([Si](C)(C)C)CCCC2)[C]2([Si](C)(C)C)CCCC2)CCCC1. The van der Waals surface area contributed by atoms with E-state index in [4.69, 9.17) is 0 Å². The van der Waals surface area contributed by atoms with Crippen LogP contribution in [0.25, 0.3) is 0 Å². The van der Waals surface area contributed by atoms with Crippen LogP contribution in [0.2, 0.25) is 70.6 Å². The van der Waals surface area contributed by atoms with E-state index in [0.717, 1.165) is 11.7 Å². The molecule has 0 aromatic rings. The van der Waals surface area contributed by atoms with Crippen molar-refractivity contribution in [2.45, 2.75) is 148 Å². The maximum atomic E-state index is 2.81. The second-order valence-corrected chi connectivity index (χ2v) is 36.4. The van der Waals surface area contributed by atoms with Crippen LogP contribution in [0, 0.1) is 0 Å². The molecule has 28 heavy (non-hydrogen) atoms. The summed E-state index contributed by atoms with van der Waals surface area (Å²) >= 11 is -0.784. The van der Waals surface area contributed by atoms with Gasteiger partial charge in [-0.05, 0) is 0 Å². The van der Waals surface area contributed by atoms with Crippen LogP contribution in [0.3, 0.4) is 0 Å². The van der Waals surface area contributed by atoms with Crippen LogP contribution < -0.4 is 0 Å². The minimum absolute atomic E-state index is 0.784. The third-order valence-electron chi connectivity index (χ3n) is 9.51. The molecule has 3 fully saturated rings. The van der Waals surface area contributed by atoms with Crippen LogP contribution in [0.5, 0.6) is 0 Å². The summed E-state index contributed by atoms with van der Waals surface area (Å²) in [6.07, 6.45) is 19.2. The van der Waals surface area contributed by atoms with Gasteiger partial charge in [0.2, 0.25) is 0 Å². The van der Waals surface area contributed by atoms with Gasteiger partial charge in [0.1, 0.15) is 0 Å². The Morgan fingerprint density at radius 3 is 0.714 bits per heavy atom. The topological polar surface area (TPSA) is 0 Å². The average molecular weight is 476 g/mol. The van der Waals surface area contributed by atoms with Crippen molar-refractivity contribution in [3.8, 4) is 0 Å². The first-order valence-corrected chi connectivity index (χ1v) is 24.9. The van der Waals surface area contributed by atoms with Gasteiger partial charge < -0.3 is 0 Å². The van der Waals surface area contributed by atoms with E-state index in [1.165, 1.54) is 0 Å². The Hall–Kier alpha value is 1.18. The second kappa shape index (κ2) is 7.65. The van der Waals surface area contributed by atoms with Gasteiger partial charge in [-0.15, -0.1) is 0 Å². The van der Waals surface area contributed by atoms with Crippen LogP contribution in [0.15, 0.2) is 0 Å². The normalized spacial score (nSPS) is 27.6. The van der Waals surface area contributed by atoms with Crippen molar-refractivity contribution in [3.63, 3.8) is 0 Å². The van der Waals surface area contributed by atoms with Gasteiger partial charge in [-0.3, -0.25) is 0 Å². The molecule has 0 amide bonds. The Kier molecular flexibility index (Phi) is 6.51. The quantitative estimate of drug-likeness (QED) is 0.335. The van der Waals surface area contributed by atoms with E-state index >= 15 is 0 Å². The molecule has 0 radical (unpaired) electrons. The molecule has 0 unspecified atom stereocenters. The van der Waals surface area contributed by atoms with Crippen molar-refractivity contribution in [1.29, 1.82) is 0 Å². The van der Waals surface area contributed by atoms with Crippen LogP contribution in [-0.4, -0.2) is 24.2 Å². The summed E-state index contributed by atoms with van der Waals surface area (Å²) < 4.78 is 2.55. The van der Waals surface area contributed by atoms with Crippen molar-refractivity contribution in [2.75, 3.05) is 0 Å². The van der Waals surface area contributed by atoms with Crippen molar-refractivity contribution in [1.82, 2.24) is 0 Å². The molecule has 0 nitrogen and oxygen atoms in total. The fourth-order valence-electron chi connectivity index (χ4n) is 7.74. The van der Waals surface area contributed by atoms with Gasteiger partial charge in [-0.2, -0.15) is 0 Å². The first-order valence-electron chi connectivity index (χ1n) is 12.5. The van der Waals surface area contributed by atoms with Gasteiger partial charge >= 0.3 is 186 Å². The van der Waals surface area contributed by atoms with Crippen LogP contribution >= 0.6 is 0 Å². The van der Waals surface area contributed by atoms with E-state index in [1.807, 2.05) is 0 Å². The van der Waals surface area contributed by atoms with Crippen molar-refractivity contribution in [2.24, 2.45) is 0 Å². The van der Waals surface area contributed by atoms with Gasteiger partial charge in [0.15, 0.2) is 0 Å². The fraction of sp³-hybridized carbons (Fsp3) is 1.00. The standard InChI is InChI=1S/3C8H17Si.Cr/c3*1-9(2,3)8-6-4-5-7-8;/h3*4-7H2,1-3H3;. The number of hydrogen-bond acceptors (Lipinski definition) is 0. The summed E-state index contributed by atoms with van der Waals surface area (Å²) in [5.74, 6) is 0. The predicted octanol–water partition coefficient (Wildman–Crippen LogP) is 9.43. The number of rotatable bonds is 6. The summed E-state index contributed by atoms with van der Waals surface area (Å²) in [6.45, 7) is 25.3. The molecule has 0 aromatic heterocycles. The van der Waals surface area contributed by atoms with Gasteiger partial charge in [0.05, 0.1) is 0 Å². The molecule has 0 bridgehead atoms. The van der Waals surface area contributed by atoms with Crippen LogP contribution in [0.4, 0.5) is 0 Å². The molecule has 3 aliphatic carbocycles. The summed E-state index contributed by atoms with van der Waals surface area (Å²) in [5.41, 5.74) is 0. The summed E-state index contributed by atoms with van der Waals surface area (Å²) in [5, 5.41) is 0. The van der Waals surface area contributed by atoms with Gasteiger partial charge in [0.25, 0.3) is 0 Å². The molecule has 0 spiro atoms. The van der Waals surface area contributed by atoms with E-state index in [-0.39, 0.29) is 0 Å². The van der Waals surface area contributed by atoms with Crippen molar-refractivity contribution < 1.29 is 14.1 Å². The third kappa shape index (κ3) is 3.48. The first-order chi connectivity index (χ1) is 12.7. The Morgan fingerprint density at radius 1 is 0.393 bits per heavy atom. The summed E-state index contributed by atoms with van der Waals surface area (Å²) in [4.78, 5) is 0. The van der Waals surface area contributed by atoms with E-state index in [2.05, 4.69) is 58.9 Å². The molecule has 3 saturated carbocycles. The molecule has 0 heterocycles. The molecule has 0 saturated heterocycles. The zero-order valence-corrected chi connectivity index (χ0v) is 25.2. The molecular weight excluding hydrogens is 425 g/mol. The average Bonchev–Trinajstić information content (AvgIpc) is 3.27. The first kappa shape index (κ1) is 23.8. The van der Waals surface area contributed by atoms with Gasteiger partial charge in [-0.1, -0.05) is 0 Å². The molecule has 3 aliphatic rings. The molecule has 165 valence electrons. The van der Waals surface area contributed by atoms with E-state index in [0.29, 0.717) is 0 Å². The summed E-state index contributed by atoms with van der Waals surface area (Å²) in [7, 11) is -3.67. The molecular formula is C24H51CrSi3. The molecule has 0 aromatic carbocycles. The maximum absolute atomic E-state index is 2.81. The Bertz CT molecular complexity index is 465. The van der Waals surface area contributed by atoms with Crippen molar-refractivity contribution >= 4 is 24.2 Å². The van der Waals surface area contributed by atoms with Gasteiger partial charge in [0, 0.05) is 0 Å². The molecule has 0 atom stereocenters. The fourth-order valence-corrected chi connectivity index (χ4v) is 36.6. The molecule has 3 rings (SSSR count). The van der Waals surface area contributed by atoms with Gasteiger partial charge in [-0.25, -0.2) is 0 Å². The monoisotopic (exact) mass is 475 g/mol. The molecule has 0 N–H and O–H groups in total. The Labute approximate surface area is 185 Å². The molecule has 0 aliphatic heterocycles.